The summed E-state index contributed by atoms with van der Waals surface area (Å²) in [6.07, 6.45) is 6.14. The molecule has 2 atom stereocenters. The summed E-state index contributed by atoms with van der Waals surface area (Å²) in [7, 11) is 0. The van der Waals surface area contributed by atoms with Crippen LogP contribution in [0.5, 0.6) is 0 Å². The molecule has 7 heteroatoms. The summed E-state index contributed by atoms with van der Waals surface area (Å²) < 4.78 is 1.61. The van der Waals surface area contributed by atoms with Crippen LogP contribution in [0.3, 0.4) is 0 Å². The first kappa shape index (κ1) is 17.3. The van der Waals surface area contributed by atoms with E-state index < -0.39 is 12.1 Å². The van der Waals surface area contributed by atoms with Gasteiger partial charge in [-0.2, -0.15) is 5.10 Å². The number of piperidine rings is 1. The van der Waals surface area contributed by atoms with Gasteiger partial charge < -0.3 is 15.7 Å². The number of nitrogens with one attached hydrogen (secondary N) is 2. The molecule has 1 spiro atoms. The smallest absolute Gasteiger partial charge is 0.257 e. The van der Waals surface area contributed by atoms with Crippen LogP contribution < -0.4 is 10.6 Å². The van der Waals surface area contributed by atoms with Crippen LogP contribution in [0.2, 0.25) is 0 Å². The van der Waals surface area contributed by atoms with E-state index in [-0.39, 0.29) is 11.3 Å². The Labute approximate surface area is 162 Å². The number of hydrogen-bond acceptors (Lipinski definition) is 5. The van der Waals surface area contributed by atoms with Crippen LogP contribution in [-0.4, -0.2) is 44.8 Å². The lowest BCUT2D eigenvalue weighted by molar-refractivity contribution is 0.0418. The summed E-state index contributed by atoms with van der Waals surface area (Å²) in [6.45, 7) is 3.66. The summed E-state index contributed by atoms with van der Waals surface area (Å²) in [6, 6.07) is 7.64. The van der Waals surface area contributed by atoms with Gasteiger partial charge in [-0.25, -0.2) is 9.50 Å². The van der Waals surface area contributed by atoms with Crippen molar-refractivity contribution in [2.75, 3.05) is 13.1 Å². The maximum atomic E-state index is 13.1. The number of aromatic nitrogens is 3. The number of aryl methyl sites for hydroxylation is 1. The molecule has 1 aromatic carbocycles. The summed E-state index contributed by atoms with van der Waals surface area (Å²) in [4.78, 5) is 17.4. The highest BCUT2D eigenvalue weighted by Gasteiger charge is 2.52. The Kier molecular flexibility index (Phi) is 3.96. The number of rotatable bonds is 2. The molecular formula is C21H23N5O2. The van der Waals surface area contributed by atoms with Crippen molar-refractivity contribution < 1.29 is 9.90 Å². The second-order valence-corrected chi connectivity index (χ2v) is 7.85. The number of benzene rings is 1. The van der Waals surface area contributed by atoms with Gasteiger partial charge in [0.05, 0.1) is 18.3 Å². The fourth-order valence-electron chi connectivity index (χ4n) is 4.81. The third-order valence-corrected chi connectivity index (χ3v) is 6.23. The van der Waals surface area contributed by atoms with Crippen molar-refractivity contribution in [1.29, 1.82) is 0 Å². The molecule has 1 fully saturated rings. The second kappa shape index (κ2) is 6.39. The summed E-state index contributed by atoms with van der Waals surface area (Å²) >= 11 is 0. The lowest BCUT2D eigenvalue weighted by Crippen LogP contribution is -2.48. The van der Waals surface area contributed by atoms with E-state index in [0.29, 0.717) is 11.2 Å². The van der Waals surface area contributed by atoms with Crippen LogP contribution in [0.25, 0.3) is 5.65 Å². The number of carbonyl (C=O) groups is 1. The first-order valence-corrected chi connectivity index (χ1v) is 9.69. The molecule has 3 aromatic rings. The monoisotopic (exact) mass is 377 g/mol. The molecule has 5 rings (SSSR count). The number of carbonyl (C=O) groups excluding carboxylic acids is 1. The average Bonchev–Trinajstić information content (AvgIpc) is 3.23. The number of nitrogens with zero attached hydrogens (tertiary/aromatic N) is 3. The van der Waals surface area contributed by atoms with E-state index in [2.05, 4.69) is 26.8 Å². The third kappa shape index (κ3) is 2.47. The average molecular weight is 377 g/mol. The van der Waals surface area contributed by atoms with E-state index in [1.54, 1.807) is 10.7 Å². The van der Waals surface area contributed by atoms with Crippen LogP contribution in [-0.2, 0) is 5.41 Å². The Morgan fingerprint density at radius 1 is 1.29 bits per heavy atom. The van der Waals surface area contributed by atoms with Gasteiger partial charge in [0.2, 0.25) is 0 Å². The van der Waals surface area contributed by atoms with Crippen molar-refractivity contribution in [2.45, 2.75) is 37.3 Å². The van der Waals surface area contributed by atoms with Crippen molar-refractivity contribution in [1.82, 2.24) is 25.2 Å². The molecule has 7 nitrogen and oxygen atoms in total. The maximum Gasteiger partial charge on any atom is 0.257 e. The fourth-order valence-corrected chi connectivity index (χ4v) is 4.81. The highest BCUT2D eigenvalue weighted by atomic mass is 16.3. The van der Waals surface area contributed by atoms with Gasteiger partial charge in [-0.15, -0.1) is 0 Å². The number of aliphatic hydroxyl groups is 1. The van der Waals surface area contributed by atoms with E-state index in [1.165, 1.54) is 6.20 Å². The van der Waals surface area contributed by atoms with Gasteiger partial charge in [0.15, 0.2) is 5.65 Å². The van der Waals surface area contributed by atoms with Crippen LogP contribution >= 0.6 is 0 Å². The fraction of sp³-hybridized carbons (Fsp3) is 0.381. The number of amides is 1. The lowest BCUT2D eigenvalue weighted by Gasteiger charge is -2.38. The second-order valence-electron chi connectivity index (χ2n) is 7.85. The quantitative estimate of drug-likeness (QED) is 0.630. The first-order chi connectivity index (χ1) is 13.6. The van der Waals surface area contributed by atoms with Gasteiger partial charge in [-0.05, 0) is 49.5 Å². The van der Waals surface area contributed by atoms with Gasteiger partial charge in [0.25, 0.3) is 5.91 Å². The summed E-state index contributed by atoms with van der Waals surface area (Å²) in [5.74, 6) is -0.267. The molecular weight excluding hydrogens is 354 g/mol. The molecule has 1 aliphatic heterocycles. The number of fused-ring (bicyclic) bond motifs is 3. The van der Waals surface area contributed by atoms with Gasteiger partial charge in [0.1, 0.15) is 5.56 Å². The number of hydrogen-bond donors (Lipinski definition) is 3. The van der Waals surface area contributed by atoms with E-state index >= 15 is 0 Å². The van der Waals surface area contributed by atoms with Crippen molar-refractivity contribution in [3.8, 4) is 0 Å². The van der Waals surface area contributed by atoms with Crippen molar-refractivity contribution in [2.24, 2.45) is 0 Å². The van der Waals surface area contributed by atoms with E-state index in [0.717, 1.165) is 42.6 Å². The van der Waals surface area contributed by atoms with Crippen molar-refractivity contribution in [3.63, 3.8) is 0 Å². The molecule has 3 heterocycles. The van der Waals surface area contributed by atoms with Gasteiger partial charge in [0, 0.05) is 17.8 Å². The zero-order valence-electron chi connectivity index (χ0n) is 15.7. The van der Waals surface area contributed by atoms with Gasteiger partial charge >= 0.3 is 0 Å². The highest BCUT2D eigenvalue weighted by Crippen LogP contribution is 2.50. The molecule has 28 heavy (non-hydrogen) atoms. The standard InChI is InChI=1S/C21H23N5O2/c1-13-10-23-19-15(11-24-26(19)12-13)20(28)25-17-14-4-2-3-5-16(14)21(18(17)27)6-8-22-9-7-21/h2-5,10-12,17-18,22,27H,6-9H2,1H3,(H,25,28)/t17-,18+/m0/s1. The van der Waals surface area contributed by atoms with Gasteiger partial charge in [-0.3, -0.25) is 4.79 Å². The molecule has 0 radical (unpaired) electrons. The topological polar surface area (TPSA) is 91.5 Å². The SMILES string of the molecule is Cc1cnc2c(C(=O)N[C@H]3c4ccccc4C4(CCNCC4)[C@@H]3O)cnn2c1. The Morgan fingerprint density at radius 3 is 2.89 bits per heavy atom. The minimum absolute atomic E-state index is 0.267. The van der Waals surface area contributed by atoms with Crippen LogP contribution in [0, 0.1) is 6.92 Å². The minimum Gasteiger partial charge on any atom is -0.390 e. The van der Waals surface area contributed by atoms with Crippen LogP contribution in [0.1, 0.15) is 45.9 Å². The molecule has 1 aliphatic carbocycles. The summed E-state index contributed by atoms with van der Waals surface area (Å²) in [5, 5.41) is 22.0. The van der Waals surface area contributed by atoms with E-state index in [1.807, 2.05) is 31.3 Å². The van der Waals surface area contributed by atoms with E-state index in [9.17, 15) is 9.90 Å². The first-order valence-electron chi connectivity index (χ1n) is 9.69. The largest absolute Gasteiger partial charge is 0.390 e. The van der Waals surface area contributed by atoms with Crippen LogP contribution in [0.15, 0.2) is 42.9 Å². The zero-order chi connectivity index (χ0) is 19.3. The van der Waals surface area contributed by atoms with Gasteiger partial charge in [-0.1, -0.05) is 24.3 Å². The van der Waals surface area contributed by atoms with Crippen LogP contribution in [0.4, 0.5) is 0 Å². The lowest BCUT2D eigenvalue weighted by atomic mass is 9.72. The van der Waals surface area contributed by atoms with Crippen molar-refractivity contribution >= 4 is 11.6 Å². The maximum absolute atomic E-state index is 13.1. The molecule has 3 N–H and O–H groups in total. The summed E-state index contributed by atoms with van der Waals surface area (Å²) in [5.41, 5.74) is 3.75. The molecule has 2 aliphatic rings. The Hall–Kier alpha value is -2.77. The molecule has 1 amide bonds. The number of aliphatic hydroxyl groups excluding tert-OH is 1. The van der Waals surface area contributed by atoms with Crippen molar-refractivity contribution in [3.05, 3.63) is 65.1 Å². The Balaban J connectivity index is 1.50. The molecule has 0 saturated carbocycles. The Bertz CT molecular complexity index is 1050. The highest BCUT2D eigenvalue weighted by molar-refractivity contribution is 6.00. The predicted molar refractivity (Wildman–Crippen MR) is 104 cm³/mol. The molecule has 144 valence electrons. The molecule has 0 unspecified atom stereocenters. The molecule has 0 bridgehead atoms. The normalized spacial score (nSPS) is 23.1. The third-order valence-electron chi connectivity index (χ3n) is 6.23. The van der Waals surface area contributed by atoms with E-state index in [4.69, 9.17) is 0 Å². The molecule has 2 aromatic heterocycles. The minimum atomic E-state index is -0.659. The predicted octanol–water partition coefficient (Wildman–Crippen LogP) is 1.50. The Morgan fingerprint density at radius 2 is 2.07 bits per heavy atom. The zero-order valence-corrected chi connectivity index (χ0v) is 15.7. The molecule has 1 saturated heterocycles.